The van der Waals surface area contributed by atoms with Gasteiger partial charge in [-0.15, -0.1) is 0 Å². The molecular formula is C17H21N3O4S. The molecule has 0 radical (unpaired) electrons. The summed E-state index contributed by atoms with van der Waals surface area (Å²) >= 11 is 1.28. The van der Waals surface area contributed by atoms with E-state index in [1.807, 2.05) is 13.8 Å². The van der Waals surface area contributed by atoms with Crippen LogP contribution < -0.4 is 5.32 Å². The number of nitrogens with one attached hydrogen (secondary N) is 1. The van der Waals surface area contributed by atoms with E-state index in [9.17, 15) is 14.7 Å². The highest BCUT2D eigenvalue weighted by molar-refractivity contribution is 7.22. The lowest BCUT2D eigenvalue weighted by Gasteiger charge is -2.23. The van der Waals surface area contributed by atoms with Crippen molar-refractivity contribution in [2.75, 3.05) is 18.5 Å². The quantitative estimate of drug-likeness (QED) is 0.870. The second kappa shape index (κ2) is 7.26. The van der Waals surface area contributed by atoms with E-state index in [2.05, 4.69) is 10.3 Å². The summed E-state index contributed by atoms with van der Waals surface area (Å²) in [5.41, 5.74) is 0.706. The van der Waals surface area contributed by atoms with E-state index in [0.717, 1.165) is 11.1 Å². The summed E-state index contributed by atoms with van der Waals surface area (Å²) < 4.78 is 6.03. The molecule has 2 aromatic rings. The summed E-state index contributed by atoms with van der Waals surface area (Å²) in [6, 6.07) is 4.31. The Hall–Kier alpha value is -2.35. The number of carbonyl (C=O) groups is 2. The molecule has 0 saturated carbocycles. The van der Waals surface area contributed by atoms with Crippen molar-refractivity contribution in [3.05, 3.63) is 18.2 Å². The molecular weight excluding hydrogens is 342 g/mol. The van der Waals surface area contributed by atoms with E-state index >= 15 is 0 Å². The summed E-state index contributed by atoms with van der Waals surface area (Å²) in [5, 5.41) is 12.7. The van der Waals surface area contributed by atoms with Gasteiger partial charge in [-0.2, -0.15) is 0 Å². The molecule has 2 amide bonds. The summed E-state index contributed by atoms with van der Waals surface area (Å²) in [6.07, 6.45) is 0.928. The molecule has 0 spiro atoms. The number of aromatic hydroxyl groups is 1. The minimum Gasteiger partial charge on any atom is -0.508 e. The molecule has 0 bridgehead atoms. The highest BCUT2D eigenvalue weighted by Gasteiger charge is 2.35. The van der Waals surface area contributed by atoms with Crippen molar-refractivity contribution in [2.24, 2.45) is 5.92 Å². The van der Waals surface area contributed by atoms with E-state index in [-0.39, 0.29) is 17.6 Å². The van der Waals surface area contributed by atoms with Crippen LogP contribution in [-0.4, -0.2) is 46.2 Å². The molecule has 25 heavy (non-hydrogen) atoms. The summed E-state index contributed by atoms with van der Waals surface area (Å²) in [4.78, 5) is 30.6. The average Bonchev–Trinajstić information content (AvgIpc) is 3.18. The predicted molar refractivity (Wildman–Crippen MR) is 95.8 cm³/mol. The highest BCUT2D eigenvalue weighted by atomic mass is 32.1. The molecule has 2 N–H and O–H groups in total. The number of hydrogen-bond acceptors (Lipinski definition) is 6. The lowest BCUT2D eigenvalue weighted by molar-refractivity contribution is -0.120. The van der Waals surface area contributed by atoms with Crippen LogP contribution in [0.2, 0.25) is 0 Å². The normalized spacial score (nSPS) is 17.2. The molecule has 0 aliphatic carbocycles. The van der Waals surface area contributed by atoms with Crippen LogP contribution >= 0.6 is 11.3 Å². The van der Waals surface area contributed by atoms with Crippen molar-refractivity contribution in [3.63, 3.8) is 0 Å². The topological polar surface area (TPSA) is 91.8 Å². The van der Waals surface area contributed by atoms with E-state index in [4.69, 9.17) is 4.74 Å². The molecule has 1 aromatic carbocycles. The molecule has 1 saturated heterocycles. The van der Waals surface area contributed by atoms with Crippen LogP contribution in [-0.2, 0) is 9.53 Å². The Morgan fingerprint density at radius 3 is 3.04 bits per heavy atom. The Morgan fingerprint density at radius 1 is 1.48 bits per heavy atom. The lowest BCUT2D eigenvalue weighted by atomic mass is 10.2. The first-order chi connectivity index (χ1) is 11.9. The summed E-state index contributed by atoms with van der Waals surface area (Å²) in [6.45, 7) is 4.78. The number of aromatic nitrogens is 1. The molecule has 134 valence electrons. The standard InChI is InChI=1S/C17H21N3O4S/c1-10(2)9-24-17(23)20-7-3-4-13(20)15(22)19-16-18-12-6-5-11(21)8-14(12)25-16/h5-6,8,10,13,21H,3-4,7,9H2,1-2H3,(H,18,19,22). The minimum atomic E-state index is -0.542. The third-order valence-corrected chi connectivity index (χ3v) is 4.87. The number of phenols is 1. The maximum Gasteiger partial charge on any atom is 0.410 e. The fraction of sp³-hybridized carbons (Fsp3) is 0.471. The Labute approximate surface area is 149 Å². The number of phenolic OH excluding ortho intramolecular Hbond substituents is 1. The van der Waals surface area contributed by atoms with Gasteiger partial charge in [0.25, 0.3) is 0 Å². The van der Waals surface area contributed by atoms with Gasteiger partial charge in [-0.05, 0) is 37.0 Å². The number of nitrogens with zero attached hydrogens (tertiary/aromatic N) is 2. The van der Waals surface area contributed by atoms with Crippen molar-refractivity contribution in [2.45, 2.75) is 32.7 Å². The zero-order valence-corrected chi connectivity index (χ0v) is 15.0. The van der Waals surface area contributed by atoms with Gasteiger partial charge in [0.15, 0.2) is 5.13 Å². The molecule has 1 unspecified atom stereocenters. The molecule has 7 nitrogen and oxygen atoms in total. The maximum absolute atomic E-state index is 12.6. The Balaban J connectivity index is 1.67. The first kappa shape index (κ1) is 17.5. The van der Waals surface area contributed by atoms with Crippen LogP contribution in [0.1, 0.15) is 26.7 Å². The van der Waals surface area contributed by atoms with E-state index in [0.29, 0.717) is 30.2 Å². The largest absolute Gasteiger partial charge is 0.508 e. The van der Waals surface area contributed by atoms with Crippen molar-refractivity contribution < 1.29 is 19.4 Å². The zero-order valence-electron chi connectivity index (χ0n) is 14.2. The Bertz CT molecular complexity index is 789. The Morgan fingerprint density at radius 2 is 2.28 bits per heavy atom. The first-order valence-corrected chi connectivity index (χ1v) is 9.09. The van der Waals surface area contributed by atoms with Crippen molar-refractivity contribution >= 4 is 38.7 Å². The predicted octanol–water partition coefficient (Wildman–Crippen LogP) is 3.20. The fourth-order valence-corrected chi connectivity index (χ4v) is 3.64. The van der Waals surface area contributed by atoms with Gasteiger partial charge < -0.3 is 15.2 Å². The fourth-order valence-electron chi connectivity index (χ4n) is 2.73. The van der Waals surface area contributed by atoms with Crippen molar-refractivity contribution in [1.82, 2.24) is 9.88 Å². The van der Waals surface area contributed by atoms with Gasteiger partial charge in [-0.25, -0.2) is 9.78 Å². The average molecular weight is 363 g/mol. The molecule has 3 rings (SSSR count). The number of hydrogen-bond donors (Lipinski definition) is 2. The molecule has 1 aromatic heterocycles. The molecule has 1 atom stereocenters. The van der Waals surface area contributed by atoms with Gasteiger partial charge in [0.2, 0.25) is 5.91 Å². The number of ether oxygens (including phenoxy) is 1. The second-order valence-electron chi connectivity index (χ2n) is 6.48. The van der Waals surface area contributed by atoms with Crippen LogP contribution in [0.3, 0.4) is 0 Å². The van der Waals surface area contributed by atoms with Crippen LogP contribution in [0.25, 0.3) is 10.2 Å². The van der Waals surface area contributed by atoms with Gasteiger partial charge in [0.05, 0.1) is 16.8 Å². The van der Waals surface area contributed by atoms with Crippen LogP contribution in [0.4, 0.5) is 9.93 Å². The summed E-state index contributed by atoms with van der Waals surface area (Å²) in [7, 11) is 0. The SMILES string of the molecule is CC(C)COC(=O)N1CCCC1C(=O)Nc1nc2ccc(O)cc2s1. The highest BCUT2D eigenvalue weighted by Crippen LogP contribution is 2.29. The lowest BCUT2D eigenvalue weighted by Crippen LogP contribution is -2.43. The van der Waals surface area contributed by atoms with Gasteiger partial charge in [-0.1, -0.05) is 25.2 Å². The number of amides is 2. The summed E-state index contributed by atoms with van der Waals surface area (Å²) in [5.74, 6) is 0.143. The van der Waals surface area contributed by atoms with E-state index in [1.165, 1.54) is 16.2 Å². The van der Waals surface area contributed by atoms with Crippen LogP contribution in [0.15, 0.2) is 18.2 Å². The third-order valence-electron chi connectivity index (χ3n) is 3.93. The van der Waals surface area contributed by atoms with Crippen LogP contribution in [0, 0.1) is 5.92 Å². The maximum atomic E-state index is 12.6. The molecule has 1 fully saturated rings. The van der Waals surface area contributed by atoms with E-state index < -0.39 is 12.1 Å². The number of fused-ring (bicyclic) bond motifs is 1. The number of benzene rings is 1. The smallest absolute Gasteiger partial charge is 0.410 e. The van der Waals surface area contributed by atoms with E-state index in [1.54, 1.807) is 18.2 Å². The van der Waals surface area contributed by atoms with Gasteiger partial charge in [0.1, 0.15) is 11.8 Å². The number of anilines is 1. The molecule has 1 aliphatic heterocycles. The van der Waals surface area contributed by atoms with Crippen LogP contribution in [0.5, 0.6) is 5.75 Å². The first-order valence-electron chi connectivity index (χ1n) is 8.28. The van der Waals surface area contributed by atoms with Gasteiger partial charge >= 0.3 is 6.09 Å². The molecule has 8 heteroatoms. The molecule has 2 heterocycles. The monoisotopic (exact) mass is 363 g/mol. The third kappa shape index (κ3) is 4.01. The second-order valence-corrected chi connectivity index (χ2v) is 7.51. The number of rotatable bonds is 4. The van der Waals surface area contributed by atoms with Gasteiger partial charge in [-0.3, -0.25) is 9.69 Å². The van der Waals surface area contributed by atoms with Crippen molar-refractivity contribution in [1.29, 1.82) is 0 Å². The Kier molecular flexibility index (Phi) is 5.08. The zero-order chi connectivity index (χ0) is 18.0. The number of likely N-dealkylation sites (tertiary alicyclic amines) is 1. The van der Waals surface area contributed by atoms with Gasteiger partial charge in [0, 0.05) is 6.54 Å². The number of carbonyl (C=O) groups excluding carboxylic acids is 2. The minimum absolute atomic E-state index is 0.156. The van der Waals surface area contributed by atoms with Crippen molar-refractivity contribution in [3.8, 4) is 5.75 Å². The molecule has 1 aliphatic rings. The number of thiazole rings is 1.